The van der Waals surface area contributed by atoms with Crippen molar-refractivity contribution in [1.82, 2.24) is 0 Å². The minimum atomic E-state index is 0.914. The van der Waals surface area contributed by atoms with Crippen LogP contribution in [0.3, 0.4) is 0 Å². The molecule has 2 N–H and O–H groups in total. The molecule has 0 saturated carbocycles. The molecular formula is C11H16N2. The van der Waals surface area contributed by atoms with Crippen molar-refractivity contribution in [2.75, 3.05) is 0 Å². The smallest absolute Gasteiger partial charge is 0.0444 e. The van der Waals surface area contributed by atoms with Gasteiger partial charge in [0.15, 0.2) is 0 Å². The summed E-state index contributed by atoms with van der Waals surface area (Å²) in [6.07, 6.45) is 12.7. The highest BCUT2D eigenvalue weighted by atomic mass is 14.7. The lowest BCUT2D eigenvalue weighted by molar-refractivity contribution is 0.917. The average molecular weight is 176 g/mol. The van der Waals surface area contributed by atoms with E-state index < -0.39 is 0 Å². The van der Waals surface area contributed by atoms with Crippen LogP contribution in [0.4, 0.5) is 0 Å². The monoisotopic (exact) mass is 176 g/mol. The van der Waals surface area contributed by atoms with Crippen molar-refractivity contribution in [2.24, 2.45) is 10.7 Å². The van der Waals surface area contributed by atoms with Crippen molar-refractivity contribution >= 4 is 6.21 Å². The molecule has 1 heterocycles. The Labute approximate surface area is 79.5 Å². The van der Waals surface area contributed by atoms with E-state index in [-0.39, 0.29) is 0 Å². The van der Waals surface area contributed by atoms with Gasteiger partial charge in [-0.1, -0.05) is 19.4 Å². The number of dihydropyridines is 1. The fourth-order valence-electron chi connectivity index (χ4n) is 1.24. The van der Waals surface area contributed by atoms with E-state index in [4.69, 9.17) is 5.73 Å². The molecule has 0 saturated heterocycles. The van der Waals surface area contributed by atoms with E-state index in [2.05, 4.69) is 24.1 Å². The first-order chi connectivity index (χ1) is 6.36. The molecule has 0 aromatic rings. The zero-order valence-electron chi connectivity index (χ0n) is 8.03. The molecule has 2 heteroatoms. The van der Waals surface area contributed by atoms with E-state index in [1.54, 1.807) is 6.20 Å². The Kier molecular flexibility index (Phi) is 4.03. The largest absolute Gasteiger partial charge is 0.404 e. The van der Waals surface area contributed by atoms with Crippen molar-refractivity contribution < 1.29 is 0 Å². The number of nitrogens with two attached hydrogens (primary N) is 1. The van der Waals surface area contributed by atoms with Crippen LogP contribution in [-0.4, -0.2) is 6.21 Å². The minimum Gasteiger partial charge on any atom is -0.404 e. The van der Waals surface area contributed by atoms with Crippen molar-refractivity contribution in [3.05, 3.63) is 35.7 Å². The highest BCUT2D eigenvalue weighted by molar-refractivity contribution is 5.73. The fraction of sp³-hybridized carbons (Fsp3) is 0.364. The van der Waals surface area contributed by atoms with Crippen LogP contribution in [0.25, 0.3) is 0 Å². The van der Waals surface area contributed by atoms with Crippen molar-refractivity contribution in [3.8, 4) is 0 Å². The highest BCUT2D eigenvalue weighted by Gasteiger charge is 1.97. The predicted octanol–water partition coefficient (Wildman–Crippen LogP) is 2.54. The number of rotatable bonds is 3. The average Bonchev–Trinajstić information content (AvgIpc) is 2.19. The number of hydrogen-bond acceptors (Lipinski definition) is 2. The van der Waals surface area contributed by atoms with Crippen molar-refractivity contribution in [1.29, 1.82) is 0 Å². The van der Waals surface area contributed by atoms with E-state index in [0.717, 1.165) is 25.0 Å². The summed E-state index contributed by atoms with van der Waals surface area (Å²) in [6, 6.07) is 0. The summed E-state index contributed by atoms with van der Waals surface area (Å²) in [5, 5.41) is 0. The van der Waals surface area contributed by atoms with Crippen LogP contribution < -0.4 is 5.73 Å². The molecule has 0 unspecified atom stereocenters. The Hall–Kier alpha value is -1.31. The van der Waals surface area contributed by atoms with Crippen molar-refractivity contribution in [3.63, 3.8) is 0 Å². The molecule has 1 aliphatic heterocycles. The molecular weight excluding hydrogens is 160 g/mol. The van der Waals surface area contributed by atoms with Crippen molar-refractivity contribution in [2.45, 2.75) is 26.2 Å². The zero-order valence-corrected chi connectivity index (χ0v) is 8.03. The van der Waals surface area contributed by atoms with Gasteiger partial charge in [-0.25, -0.2) is 0 Å². The Balaban J connectivity index is 2.63. The van der Waals surface area contributed by atoms with E-state index in [1.165, 1.54) is 5.57 Å². The Bertz CT molecular complexity index is 270. The summed E-state index contributed by atoms with van der Waals surface area (Å²) in [5.74, 6) is 0. The number of aliphatic imine (C=N–C) groups is 1. The summed E-state index contributed by atoms with van der Waals surface area (Å²) >= 11 is 0. The maximum Gasteiger partial charge on any atom is 0.0444 e. The molecule has 13 heavy (non-hydrogen) atoms. The van der Waals surface area contributed by atoms with Crippen LogP contribution in [0.5, 0.6) is 0 Å². The molecule has 70 valence electrons. The maximum absolute atomic E-state index is 5.50. The number of nitrogens with zero attached hydrogens (tertiary/aromatic N) is 1. The molecule has 0 aromatic carbocycles. The summed E-state index contributed by atoms with van der Waals surface area (Å²) in [6.45, 7) is 2.14. The quantitative estimate of drug-likeness (QED) is 0.705. The van der Waals surface area contributed by atoms with Gasteiger partial charge in [0, 0.05) is 18.3 Å². The van der Waals surface area contributed by atoms with Gasteiger partial charge in [-0.2, -0.15) is 0 Å². The SMILES string of the molecule is CCCC(=C/N)/C=C1\CC=CC=N1. The lowest BCUT2D eigenvalue weighted by Crippen LogP contribution is -1.90. The molecule has 0 spiro atoms. The first-order valence-electron chi connectivity index (χ1n) is 4.67. The molecule has 0 fully saturated rings. The van der Waals surface area contributed by atoms with E-state index in [1.807, 2.05) is 12.3 Å². The molecule has 0 amide bonds. The van der Waals surface area contributed by atoms with Gasteiger partial charge >= 0.3 is 0 Å². The molecule has 1 aliphatic rings. The van der Waals surface area contributed by atoms with Crippen LogP contribution in [0.15, 0.2) is 40.7 Å². The van der Waals surface area contributed by atoms with Gasteiger partial charge in [-0.3, -0.25) is 4.99 Å². The van der Waals surface area contributed by atoms with Crippen LogP contribution >= 0.6 is 0 Å². The fourth-order valence-corrected chi connectivity index (χ4v) is 1.24. The summed E-state index contributed by atoms with van der Waals surface area (Å²) in [5.41, 5.74) is 7.76. The lowest BCUT2D eigenvalue weighted by Gasteiger charge is -2.03. The summed E-state index contributed by atoms with van der Waals surface area (Å²) in [4.78, 5) is 4.25. The second kappa shape index (κ2) is 5.36. The van der Waals surface area contributed by atoms with E-state index in [0.29, 0.717) is 0 Å². The van der Waals surface area contributed by atoms with Gasteiger partial charge in [0.1, 0.15) is 0 Å². The van der Waals surface area contributed by atoms with Crippen LogP contribution in [-0.2, 0) is 0 Å². The van der Waals surface area contributed by atoms with Gasteiger partial charge in [-0.15, -0.1) is 0 Å². The zero-order chi connectivity index (χ0) is 9.52. The van der Waals surface area contributed by atoms with Gasteiger partial charge in [0.2, 0.25) is 0 Å². The topological polar surface area (TPSA) is 38.4 Å². The first-order valence-corrected chi connectivity index (χ1v) is 4.67. The molecule has 0 bridgehead atoms. The minimum absolute atomic E-state index is 0.914. The molecule has 0 aromatic heterocycles. The van der Waals surface area contributed by atoms with Crippen LogP contribution in [0.2, 0.25) is 0 Å². The number of hydrogen-bond donors (Lipinski definition) is 1. The normalized spacial score (nSPS) is 19.8. The molecule has 0 radical (unpaired) electrons. The third kappa shape index (κ3) is 3.28. The molecule has 0 atom stereocenters. The van der Waals surface area contributed by atoms with Gasteiger partial charge in [0.05, 0.1) is 0 Å². The van der Waals surface area contributed by atoms with Gasteiger partial charge < -0.3 is 5.73 Å². The lowest BCUT2D eigenvalue weighted by atomic mass is 10.1. The van der Waals surface area contributed by atoms with Crippen LogP contribution in [0, 0.1) is 0 Å². The maximum atomic E-state index is 5.50. The van der Waals surface area contributed by atoms with E-state index >= 15 is 0 Å². The second-order valence-corrected chi connectivity index (χ2v) is 3.04. The standard InChI is InChI=1S/C11H16N2/c1-2-5-10(9-12)8-11-6-3-4-7-13-11/h3-4,7-9H,2,5-6,12H2,1H3/b10-9-,11-8+. The second-order valence-electron chi connectivity index (χ2n) is 3.04. The van der Waals surface area contributed by atoms with Gasteiger partial charge in [0.25, 0.3) is 0 Å². The Morgan fingerprint density at radius 2 is 2.54 bits per heavy atom. The Morgan fingerprint density at radius 1 is 1.69 bits per heavy atom. The van der Waals surface area contributed by atoms with Gasteiger partial charge in [-0.05, 0) is 30.3 Å². The third-order valence-electron chi connectivity index (χ3n) is 1.89. The third-order valence-corrected chi connectivity index (χ3v) is 1.89. The first kappa shape index (κ1) is 9.78. The highest BCUT2D eigenvalue weighted by Crippen LogP contribution is 2.14. The predicted molar refractivity (Wildman–Crippen MR) is 57.5 cm³/mol. The summed E-state index contributed by atoms with van der Waals surface area (Å²) in [7, 11) is 0. The molecule has 2 nitrogen and oxygen atoms in total. The Morgan fingerprint density at radius 3 is 3.08 bits per heavy atom. The van der Waals surface area contributed by atoms with E-state index in [9.17, 15) is 0 Å². The molecule has 0 aliphatic carbocycles. The summed E-state index contributed by atoms with van der Waals surface area (Å²) < 4.78 is 0. The van der Waals surface area contributed by atoms with Crippen LogP contribution in [0.1, 0.15) is 26.2 Å². The molecule has 1 rings (SSSR count). The number of allylic oxidation sites excluding steroid dienone is 4.